The third-order valence-corrected chi connectivity index (χ3v) is 3.59. The number of methoxy groups -OCH3 is 1. The lowest BCUT2D eigenvalue weighted by atomic mass is 10.0. The molecular formula is C14H13BrN2O4. The van der Waals surface area contributed by atoms with Gasteiger partial charge in [-0.25, -0.2) is 4.79 Å². The summed E-state index contributed by atoms with van der Waals surface area (Å²) in [4.78, 5) is 36.3. The molecule has 0 saturated carbocycles. The van der Waals surface area contributed by atoms with Gasteiger partial charge < -0.3 is 9.30 Å². The number of ether oxygens (including phenoxy) is 1. The number of benzene rings is 1. The van der Waals surface area contributed by atoms with Crippen molar-refractivity contribution in [1.29, 1.82) is 0 Å². The molecule has 7 heteroatoms. The summed E-state index contributed by atoms with van der Waals surface area (Å²) in [6.07, 6.45) is 1.24. The highest BCUT2D eigenvalue weighted by atomic mass is 79.9. The van der Waals surface area contributed by atoms with Gasteiger partial charge in [0.2, 0.25) is 5.78 Å². The second-order valence-electron chi connectivity index (χ2n) is 4.47. The third-order valence-electron chi connectivity index (χ3n) is 3.10. The molecule has 2 aromatic rings. The van der Waals surface area contributed by atoms with Crippen LogP contribution in [0.25, 0.3) is 0 Å². The molecule has 1 aromatic carbocycles. The first-order valence-electron chi connectivity index (χ1n) is 6.01. The van der Waals surface area contributed by atoms with Gasteiger partial charge in [-0.1, -0.05) is 15.9 Å². The maximum atomic E-state index is 12.5. The molecule has 21 heavy (non-hydrogen) atoms. The van der Waals surface area contributed by atoms with Gasteiger partial charge in [-0.05, 0) is 18.2 Å². The molecule has 0 spiro atoms. The van der Waals surface area contributed by atoms with E-state index in [0.717, 1.165) is 9.04 Å². The number of nitrogens with zero attached hydrogens (tertiary/aromatic N) is 2. The van der Waals surface area contributed by atoms with Gasteiger partial charge in [0.05, 0.1) is 12.7 Å². The van der Waals surface area contributed by atoms with Crippen molar-refractivity contribution < 1.29 is 9.53 Å². The Balaban J connectivity index is 2.67. The molecule has 0 saturated heterocycles. The quantitative estimate of drug-likeness (QED) is 0.775. The van der Waals surface area contributed by atoms with Crippen molar-refractivity contribution in [3.63, 3.8) is 0 Å². The summed E-state index contributed by atoms with van der Waals surface area (Å²) in [6, 6.07) is 4.89. The zero-order valence-corrected chi connectivity index (χ0v) is 13.3. The van der Waals surface area contributed by atoms with Crippen LogP contribution in [-0.4, -0.2) is 22.0 Å². The first-order valence-corrected chi connectivity index (χ1v) is 6.81. The predicted molar refractivity (Wildman–Crippen MR) is 81.1 cm³/mol. The molecule has 0 amide bonds. The van der Waals surface area contributed by atoms with Crippen LogP contribution in [0.5, 0.6) is 5.75 Å². The van der Waals surface area contributed by atoms with Gasteiger partial charge in [0, 0.05) is 24.8 Å². The molecule has 1 aromatic heterocycles. The SMILES string of the molecule is COc1cc(Br)ccc1C(=O)c1cn(C)c(=O)n(C)c1=O. The average molecular weight is 353 g/mol. The van der Waals surface area contributed by atoms with Crippen LogP contribution in [-0.2, 0) is 14.1 Å². The Morgan fingerprint density at radius 2 is 1.86 bits per heavy atom. The van der Waals surface area contributed by atoms with Crippen molar-refractivity contribution in [2.75, 3.05) is 7.11 Å². The number of carbonyl (C=O) groups is 1. The lowest BCUT2D eigenvalue weighted by Gasteiger charge is -2.09. The lowest BCUT2D eigenvalue weighted by Crippen LogP contribution is -2.39. The van der Waals surface area contributed by atoms with Crippen LogP contribution in [0.3, 0.4) is 0 Å². The molecule has 1 heterocycles. The zero-order valence-electron chi connectivity index (χ0n) is 11.7. The molecule has 0 bridgehead atoms. The number of hydrogen-bond acceptors (Lipinski definition) is 4. The number of carbonyl (C=O) groups excluding carboxylic acids is 1. The largest absolute Gasteiger partial charge is 0.496 e. The van der Waals surface area contributed by atoms with E-state index in [0.29, 0.717) is 5.75 Å². The highest BCUT2D eigenvalue weighted by molar-refractivity contribution is 9.10. The van der Waals surface area contributed by atoms with Crippen LogP contribution >= 0.6 is 15.9 Å². The number of aryl methyl sites for hydroxylation is 1. The summed E-state index contributed by atoms with van der Waals surface area (Å²) >= 11 is 3.29. The van der Waals surface area contributed by atoms with E-state index in [9.17, 15) is 14.4 Å². The molecule has 2 rings (SSSR count). The van der Waals surface area contributed by atoms with Crippen molar-refractivity contribution >= 4 is 21.7 Å². The van der Waals surface area contributed by atoms with E-state index >= 15 is 0 Å². The summed E-state index contributed by atoms with van der Waals surface area (Å²) in [5, 5.41) is 0. The van der Waals surface area contributed by atoms with E-state index in [4.69, 9.17) is 4.74 Å². The predicted octanol–water partition coefficient (Wildman–Crippen LogP) is 1.09. The van der Waals surface area contributed by atoms with Crippen molar-refractivity contribution in [3.8, 4) is 5.75 Å². The first-order chi connectivity index (χ1) is 9.86. The molecular weight excluding hydrogens is 340 g/mol. The van der Waals surface area contributed by atoms with Gasteiger partial charge in [0.1, 0.15) is 11.3 Å². The number of halogens is 1. The van der Waals surface area contributed by atoms with Crippen LogP contribution in [0.4, 0.5) is 0 Å². The molecule has 0 aliphatic carbocycles. The Morgan fingerprint density at radius 3 is 2.48 bits per heavy atom. The smallest absolute Gasteiger partial charge is 0.330 e. The van der Waals surface area contributed by atoms with Crippen molar-refractivity contribution in [2.45, 2.75) is 0 Å². The third kappa shape index (κ3) is 2.69. The highest BCUT2D eigenvalue weighted by Gasteiger charge is 2.20. The van der Waals surface area contributed by atoms with E-state index in [-0.39, 0.29) is 11.1 Å². The Labute approximate surface area is 128 Å². The molecule has 0 aliphatic heterocycles. The van der Waals surface area contributed by atoms with Gasteiger partial charge in [-0.2, -0.15) is 0 Å². The molecule has 0 radical (unpaired) electrons. The molecule has 0 fully saturated rings. The van der Waals surface area contributed by atoms with Crippen LogP contribution < -0.4 is 16.0 Å². The highest BCUT2D eigenvalue weighted by Crippen LogP contribution is 2.24. The van der Waals surface area contributed by atoms with Crippen LogP contribution in [0.1, 0.15) is 15.9 Å². The van der Waals surface area contributed by atoms with Gasteiger partial charge >= 0.3 is 5.69 Å². The Morgan fingerprint density at radius 1 is 1.19 bits per heavy atom. The van der Waals surface area contributed by atoms with Gasteiger partial charge in [-0.15, -0.1) is 0 Å². The minimum absolute atomic E-state index is 0.0831. The van der Waals surface area contributed by atoms with E-state index < -0.39 is 17.0 Å². The Kier molecular flexibility index (Phi) is 4.13. The fourth-order valence-corrected chi connectivity index (χ4v) is 2.30. The van der Waals surface area contributed by atoms with Crippen molar-refractivity contribution in [1.82, 2.24) is 9.13 Å². The molecule has 0 aliphatic rings. The minimum atomic E-state index is -0.631. The maximum absolute atomic E-state index is 12.5. The summed E-state index contributed by atoms with van der Waals surface area (Å²) in [5.74, 6) is -0.138. The van der Waals surface area contributed by atoms with Gasteiger partial charge in [0.15, 0.2) is 0 Å². The maximum Gasteiger partial charge on any atom is 0.330 e. The van der Waals surface area contributed by atoms with E-state index in [2.05, 4.69) is 15.9 Å². The van der Waals surface area contributed by atoms with Crippen LogP contribution in [0.2, 0.25) is 0 Å². The number of hydrogen-bond donors (Lipinski definition) is 0. The van der Waals surface area contributed by atoms with Crippen molar-refractivity contribution in [3.05, 3.63) is 60.8 Å². The number of ketones is 1. The summed E-state index contributed by atoms with van der Waals surface area (Å²) in [7, 11) is 4.26. The summed E-state index contributed by atoms with van der Waals surface area (Å²) in [5.41, 5.74) is -0.941. The lowest BCUT2D eigenvalue weighted by molar-refractivity contribution is 0.103. The second-order valence-corrected chi connectivity index (χ2v) is 5.39. The van der Waals surface area contributed by atoms with E-state index in [1.54, 1.807) is 18.2 Å². The topological polar surface area (TPSA) is 70.3 Å². The number of aromatic nitrogens is 2. The fraction of sp³-hybridized carbons (Fsp3) is 0.214. The first kappa shape index (κ1) is 15.2. The van der Waals surface area contributed by atoms with Gasteiger partial charge in [-0.3, -0.25) is 14.2 Å². The average Bonchev–Trinajstić information content (AvgIpc) is 2.48. The monoisotopic (exact) mass is 352 g/mol. The Bertz CT molecular complexity index is 836. The van der Waals surface area contributed by atoms with Crippen molar-refractivity contribution in [2.24, 2.45) is 14.1 Å². The molecule has 6 nitrogen and oxygen atoms in total. The summed E-state index contributed by atoms with van der Waals surface area (Å²) < 4.78 is 8.01. The number of rotatable bonds is 3. The minimum Gasteiger partial charge on any atom is -0.496 e. The van der Waals surface area contributed by atoms with Crippen LogP contribution in [0, 0.1) is 0 Å². The normalized spacial score (nSPS) is 10.5. The molecule has 0 unspecified atom stereocenters. The fourth-order valence-electron chi connectivity index (χ4n) is 1.96. The standard InChI is InChI=1S/C14H13BrN2O4/c1-16-7-10(13(19)17(2)14(16)20)12(18)9-5-4-8(15)6-11(9)21-3/h4-7H,1-3H3. The Hall–Kier alpha value is -2.15. The molecule has 0 N–H and O–H groups in total. The molecule has 0 atom stereocenters. The second kappa shape index (κ2) is 5.69. The zero-order chi connectivity index (χ0) is 15.7. The van der Waals surface area contributed by atoms with E-state index in [1.165, 1.54) is 32.0 Å². The summed E-state index contributed by atoms with van der Waals surface area (Å²) in [6.45, 7) is 0. The molecule has 110 valence electrons. The van der Waals surface area contributed by atoms with Crippen LogP contribution in [0.15, 0.2) is 38.5 Å². The van der Waals surface area contributed by atoms with E-state index in [1.807, 2.05) is 0 Å². The van der Waals surface area contributed by atoms with Gasteiger partial charge in [0.25, 0.3) is 5.56 Å².